The summed E-state index contributed by atoms with van der Waals surface area (Å²) in [6, 6.07) is 8.63. The van der Waals surface area contributed by atoms with Gasteiger partial charge in [-0.15, -0.1) is 0 Å². The minimum Gasteiger partial charge on any atom is -0.330 e. The fourth-order valence-electron chi connectivity index (χ4n) is 2.55. The van der Waals surface area contributed by atoms with Gasteiger partial charge in [-0.05, 0) is 18.2 Å². The van der Waals surface area contributed by atoms with Gasteiger partial charge in [-0.2, -0.15) is 0 Å². The van der Waals surface area contributed by atoms with Crippen molar-refractivity contribution < 1.29 is 9.29 Å². The molecule has 4 nitrogen and oxygen atoms in total. The van der Waals surface area contributed by atoms with Crippen LogP contribution in [0.3, 0.4) is 0 Å². The average Bonchev–Trinajstić information content (AvgIpc) is 2.51. The van der Waals surface area contributed by atoms with Gasteiger partial charge in [0, 0.05) is 18.0 Å². The summed E-state index contributed by atoms with van der Waals surface area (Å²) in [5.41, 5.74) is 1.19. The van der Waals surface area contributed by atoms with Crippen LogP contribution in [0.4, 0.5) is 10.3 Å². The molecule has 20 heavy (non-hydrogen) atoms. The molecule has 104 valence electrons. The monoisotopic (exact) mass is 273 g/mol. The van der Waals surface area contributed by atoms with Crippen molar-refractivity contribution in [2.75, 3.05) is 31.1 Å². The fourth-order valence-corrected chi connectivity index (χ4v) is 2.55. The van der Waals surface area contributed by atoms with Gasteiger partial charge in [0.05, 0.1) is 26.2 Å². The molecule has 0 bridgehead atoms. The number of benzene rings is 1. The molecule has 1 aliphatic heterocycles. The van der Waals surface area contributed by atoms with Gasteiger partial charge in [-0.25, -0.2) is 14.4 Å². The number of hydrogen-bond donors (Lipinski definition) is 1. The number of nitrogens with zero attached hydrogens (tertiary/aromatic N) is 3. The smallest absolute Gasteiger partial charge is 0.225 e. The molecule has 3 rings (SSSR count). The van der Waals surface area contributed by atoms with Crippen LogP contribution in [0.2, 0.25) is 0 Å². The number of quaternary nitrogens is 1. The molecule has 0 amide bonds. The fraction of sp³-hybridized carbons (Fsp3) is 0.333. The molecular formula is C15H18FN4+. The summed E-state index contributed by atoms with van der Waals surface area (Å²) in [6.07, 6.45) is 3.56. The summed E-state index contributed by atoms with van der Waals surface area (Å²) in [5.74, 6) is 0.642. The predicted octanol–water partition coefficient (Wildman–Crippen LogP) is 0.521. The number of nitrogens with one attached hydrogen (secondary N) is 1. The zero-order valence-electron chi connectivity index (χ0n) is 11.3. The lowest BCUT2D eigenvalue weighted by Gasteiger charge is -2.32. The van der Waals surface area contributed by atoms with Crippen molar-refractivity contribution in [3.05, 3.63) is 54.1 Å². The van der Waals surface area contributed by atoms with E-state index in [-0.39, 0.29) is 5.82 Å². The Kier molecular flexibility index (Phi) is 3.87. The van der Waals surface area contributed by atoms with Crippen molar-refractivity contribution >= 4 is 5.95 Å². The van der Waals surface area contributed by atoms with Gasteiger partial charge >= 0.3 is 0 Å². The van der Waals surface area contributed by atoms with E-state index in [1.807, 2.05) is 18.2 Å². The van der Waals surface area contributed by atoms with Crippen molar-refractivity contribution in [3.8, 4) is 0 Å². The first-order valence-corrected chi connectivity index (χ1v) is 6.91. The molecule has 0 unspecified atom stereocenters. The molecule has 1 fully saturated rings. The molecule has 2 aromatic rings. The first-order chi connectivity index (χ1) is 9.81. The number of hydrogen-bond acceptors (Lipinski definition) is 3. The van der Waals surface area contributed by atoms with Gasteiger partial charge in [0.25, 0.3) is 0 Å². The van der Waals surface area contributed by atoms with Crippen LogP contribution in [0, 0.1) is 5.82 Å². The normalized spacial score (nSPS) is 16.4. The highest BCUT2D eigenvalue weighted by Crippen LogP contribution is 2.05. The Bertz CT molecular complexity index is 536. The van der Waals surface area contributed by atoms with Gasteiger partial charge in [0.2, 0.25) is 5.95 Å². The highest BCUT2D eigenvalue weighted by atomic mass is 19.1. The molecule has 1 N–H and O–H groups in total. The maximum atomic E-state index is 12.9. The molecule has 5 heteroatoms. The van der Waals surface area contributed by atoms with Crippen molar-refractivity contribution in [1.29, 1.82) is 0 Å². The number of piperazine rings is 1. The highest BCUT2D eigenvalue weighted by Gasteiger charge is 2.21. The predicted molar refractivity (Wildman–Crippen MR) is 75.0 cm³/mol. The van der Waals surface area contributed by atoms with E-state index >= 15 is 0 Å². The van der Waals surface area contributed by atoms with E-state index in [1.165, 1.54) is 22.6 Å². The lowest BCUT2D eigenvalue weighted by atomic mass is 10.2. The van der Waals surface area contributed by atoms with E-state index in [9.17, 15) is 4.39 Å². The van der Waals surface area contributed by atoms with Crippen LogP contribution >= 0.6 is 0 Å². The molecule has 1 aromatic heterocycles. The van der Waals surface area contributed by atoms with E-state index in [1.54, 1.807) is 12.4 Å². The van der Waals surface area contributed by atoms with Crippen LogP contribution in [-0.4, -0.2) is 36.1 Å². The Morgan fingerprint density at radius 1 is 1.05 bits per heavy atom. The van der Waals surface area contributed by atoms with Gasteiger partial charge in [-0.3, -0.25) is 0 Å². The second-order valence-electron chi connectivity index (χ2n) is 5.09. The number of anilines is 1. The van der Waals surface area contributed by atoms with E-state index in [2.05, 4.69) is 14.9 Å². The van der Waals surface area contributed by atoms with Crippen LogP contribution in [0.5, 0.6) is 0 Å². The summed E-state index contributed by atoms with van der Waals surface area (Å²) >= 11 is 0. The first-order valence-electron chi connectivity index (χ1n) is 6.91. The minimum absolute atomic E-state index is 0.171. The summed E-state index contributed by atoms with van der Waals surface area (Å²) < 4.78 is 12.9. The van der Waals surface area contributed by atoms with E-state index in [0.29, 0.717) is 0 Å². The molecule has 0 aliphatic carbocycles. The number of rotatable bonds is 3. The number of aromatic nitrogens is 2. The van der Waals surface area contributed by atoms with Gasteiger partial charge in [-0.1, -0.05) is 12.1 Å². The Balaban J connectivity index is 1.55. The van der Waals surface area contributed by atoms with Crippen LogP contribution in [0.25, 0.3) is 0 Å². The quantitative estimate of drug-likeness (QED) is 0.885. The topological polar surface area (TPSA) is 33.5 Å². The second-order valence-corrected chi connectivity index (χ2v) is 5.09. The second kappa shape index (κ2) is 5.96. The van der Waals surface area contributed by atoms with Crippen molar-refractivity contribution in [2.45, 2.75) is 6.54 Å². The molecule has 0 radical (unpaired) electrons. The van der Waals surface area contributed by atoms with Gasteiger partial charge < -0.3 is 9.80 Å². The lowest BCUT2D eigenvalue weighted by Crippen LogP contribution is -3.13. The molecule has 1 aromatic carbocycles. The third kappa shape index (κ3) is 3.11. The van der Waals surface area contributed by atoms with E-state index < -0.39 is 0 Å². The summed E-state index contributed by atoms with van der Waals surface area (Å²) in [7, 11) is 0. The zero-order valence-corrected chi connectivity index (χ0v) is 11.3. The van der Waals surface area contributed by atoms with Crippen molar-refractivity contribution in [3.63, 3.8) is 0 Å². The molecule has 0 atom stereocenters. The molecule has 1 aliphatic rings. The first kappa shape index (κ1) is 13.0. The Labute approximate surface area is 117 Å². The van der Waals surface area contributed by atoms with E-state index in [0.717, 1.165) is 38.7 Å². The Morgan fingerprint density at radius 2 is 1.70 bits per heavy atom. The summed E-state index contributed by atoms with van der Waals surface area (Å²) in [4.78, 5) is 12.3. The minimum atomic E-state index is -0.171. The van der Waals surface area contributed by atoms with E-state index in [4.69, 9.17) is 0 Å². The largest absolute Gasteiger partial charge is 0.330 e. The lowest BCUT2D eigenvalue weighted by molar-refractivity contribution is -0.914. The van der Waals surface area contributed by atoms with Crippen molar-refractivity contribution in [2.24, 2.45) is 0 Å². The maximum Gasteiger partial charge on any atom is 0.225 e. The maximum absolute atomic E-state index is 12.9. The van der Waals surface area contributed by atoms with Crippen LogP contribution in [0.1, 0.15) is 5.56 Å². The summed E-state index contributed by atoms with van der Waals surface area (Å²) in [5, 5.41) is 0. The standard InChI is InChI=1S/C15H17FN4/c16-14-4-2-13(3-5-14)12-19-8-10-20(11-9-19)15-17-6-1-7-18-15/h1-7H,8-12H2/p+1. The van der Waals surface area contributed by atoms with Gasteiger partial charge in [0.1, 0.15) is 12.4 Å². The Morgan fingerprint density at radius 3 is 2.35 bits per heavy atom. The molecule has 2 heterocycles. The molecule has 1 saturated heterocycles. The SMILES string of the molecule is Fc1ccc(C[NH+]2CCN(c3ncccn3)CC2)cc1. The molecule has 0 saturated carbocycles. The van der Waals surface area contributed by atoms with Crippen LogP contribution in [-0.2, 0) is 6.54 Å². The molecular weight excluding hydrogens is 255 g/mol. The highest BCUT2D eigenvalue weighted by molar-refractivity contribution is 5.28. The number of halogens is 1. The summed E-state index contributed by atoms with van der Waals surface area (Å²) in [6.45, 7) is 4.97. The van der Waals surface area contributed by atoms with Crippen molar-refractivity contribution in [1.82, 2.24) is 9.97 Å². The third-order valence-electron chi connectivity index (χ3n) is 3.67. The third-order valence-corrected chi connectivity index (χ3v) is 3.67. The average molecular weight is 273 g/mol. The zero-order chi connectivity index (χ0) is 13.8. The van der Waals surface area contributed by atoms with Crippen LogP contribution in [0.15, 0.2) is 42.7 Å². The Hall–Kier alpha value is -2.01. The van der Waals surface area contributed by atoms with Crippen LogP contribution < -0.4 is 9.80 Å². The van der Waals surface area contributed by atoms with Gasteiger partial charge in [0.15, 0.2) is 0 Å². The molecule has 0 spiro atoms.